The number of benzene rings is 1. The number of rotatable bonds is 3. The predicted octanol–water partition coefficient (Wildman–Crippen LogP) is 5.25. The number of likely N-dealkylation sites (N-methyl/N-ethyl adjacent to an activating group) is 1. The molecule has 0 radical (unpaired) electrons. The van der Waals surface area contributed by atoms with Crippen LogP contribution in [0, 0.1) is 6.92 Å². The third-order valence-corrected chi connectivity index (χ3v) is 7.05. The number of halogens is 3. The molecule has 2 aromatic heterocycles. The minimum Gasteiger partial charge on any atom is -0.373 e. The third kappa shape index (κ3) is 4.81. The molecule has 3 heterocycles. The van der Waals surface area contributed by atoms with Gasteiger partial charge in [0.15, 0.2) is 0 Å². The van der Waals surface area contributed by atoms with E-state index in [4.69, 9.17) is 9.97 Å². The van der Waals surface area contributed by atoms with Crippen LogP contribution in [-0.4, -0.2) is 45.4 Å². The maximum atomic E-state index is 13.3. The van der Waals surface area contributed by atoms with Gasteiger partial charge in [-0.1, -0.05) is 6.07 Å². The summed E-state index contributed by atoms with van der Waals surface area (Å²) in [6.07, 6.45) is 0.711. The van der Waals surface area contributed by atoms with E-state index in [1.807, 2.05) is 6.92 Å². The van der Waals surface area contributed by atoms with E-state index in [1.165, 1.54) is 11.6 Å². The van der Waals surface area contributed by atoms with Crippen LogP contribution in [0.15, 0.2) is 30.5 Å². The maximum Gasteiger partial charge on any atom is 0.416 e. The van der Waals surface area contributed by atoms with E-state index in [-0.39, 0.29) is 5.37 Å². The smallest absolute Gasteiger partial charge is 0.373 e. The SMILES string of the molecule is Cc1nc2c(cc1Nc1ncc3c(n1)-c1ccc(C(F)(F)F)cc1NC(S)C3)CCC(N(C)C)C2. The van der Waals surface area contributed by atoms with Crippen molar-refractivity contribution in [3.8, 4) is 11.3 Å². The Morgan fingerprint density at radius 3 is 2.66 bits per heavy atom. The molecular weight excluding hydrogens is 473 g/mol. The van der Waals surface area contributed by atoms with Crippen LogP contribution < -0.4 is 10.6 Å². The lowest BCUT2D eigenvalue weighted by Crippen LogP contribution is -2.34. The molecule has 6 nitrogen and oxygen atoms in total. The zero-order chi connectivity index (χ0) is 24.9. The number of nitrogens with zero attached hydrogens (tertiary/aromatic N) is 4. The largest absolute Gasteiger partial charge is 0.416 e. The van der Waals surface area contributed by atoms with Crippen molar-refractivity contribution >= 4 is 30.0 Å². The molecule has 3 aromatic rings. The molecule has 0 fully saturated rings. The Morgan fingerprint density at radius 1 is 1.11 bits per heavy atom. The third-order valence-electron chi connectivity index (χ3n) is 6.74. The molecule has 2 atom stereocenters. The van der Waals surface area contributed by atoms with Gasteiger partial charge in [0.05, 0.1) is 28.0 Å². The minimum atomic E-state index is -4.43. The summed E-state index contributed by atoms with van der Waals surface area (Å²) in [5.41, 5.74) is 5.67. The molecule has 2 N–H and O–H groups in total. The Morgan fingerprint density at radius 2 is 1.91 bits per heavy atom. The Bertz CT molecular complexity index is 1280. The number of hydrogen-bond acceptors (Lipinski definition) is 7. The minimum absolute atomic E-state index is 0.352. The molecule has 1 aliphatic carbocycles. The molecule has 0 spiro atoms. The number of aromatic nitrogens is 3. The van der Waals surface area contributed by atoms with Crippen LogP contribution in [0.4, 0.5) is 30.5 Å². The van der Waals surface area contributed by atoms with E-state index < -0.39 is 11.7 Å². The molecule has 10 heteroatoms. The van der Waals surface area contributed by atoms with Crippen molar-refractivity contribution < 1.29 is 13.2 Å². The quantitative estimate of drug-likeness (QED) is 0.427. The zero-order valence-electron chi connectivity index (χ0n) is 19.7. The summed E-state index contributed by atoms with van der Waals surface area (Å²) >= 11 is 4.50. The highest BCUT2D eigenvalue weighted by atomic mass is 32.1. The molecule has 0 saturated heterocycles. The van der Waals surface area contributed by atoms with Gasteiger partial charge in [-0.15, -0.1) is 0 Å². The van der Waals surface area contributed by atoms with Gasteiger partial charge in [0.25, 0.3) is 0 Å². The Labute approximate surface area is 207 Å². The second-order valence-electron chi connectivity index (χ2n) is 9.40. The molecule has 1 aromatic carbocycles. The van der Waals surface area contributed by atoms with Gasteiger partial charge in [-0.05, 0) is 63.2 Å². The molecule has 0 amide bonds. The van der Waals surface area contributed by atoms with E-state index >= 15 is 0 Å². The molecule has 0 saturated carbocycles. The number of thiol groups is 1. The second-order valence-corrected chi connectivity index (χ2v) is 10.0. The number of aryl methyl sites for hydroxylation is 2. The van der Waals surface area contributed by atoms with E-state index in [1.54, 1.807) is 6.20 Å². The van der Waals surface area contributed by atoms with Gasteiger partial charge in [-0.3, -0.25) is 4.98 Å². The van der Waals surface area contributed by atoms with Gasteiger partial charge < -0.3 is 15.5 Å². The van der Waals surface area contributed by atoms with Gasteiger partial charge >= 0.3 is 6.18 Å². The summed E-state index contributed by atoms with van der Waals surface area (Å²) in [6, 6.07) is 6.26. The Kier molecular flexibility index (Phi) is 6.13. The van der Waals surface area contributed by atoms with Crippen molar-refractivity contribution in [2.75, 3.05) is 24.7 Å². The fourth-order valence-corrected chi connectivity index (χ4v) is 5.10. The average molecular weight is 501 g/mol. The fraction of sp³-hybridized carbons (Fsp3) is 0.400. The molecule has 0 bridgehead atoms. The molecule has 35 heavy (non-hydrogen) atoms. The molecular formula is C25H27F3N6S. The zero-order valence-corrected chi connectivity index (χ0v) is 20.6. The van der Waals surface area contributed by atoms with Crippen LogP contribution in [0.5, 0.6) is 0 Å². The van der Waals surface area contributed by atoms with Gasteiger partial charge in [0.2, 0.25) is 5.95 Å². The van der Waals surface area contributed by atoms with Crippen LogP contribution in [0.3, 0.4) is 0 Å². The molecule has 5 rings (SSSR count). The van der Waals surface area contributed by atoms with Crippen molar-refractivity contribution in [3.05, 3.63) is 58.5 Å². The lowest BCUT2D eigenvalue weighted by Gasteiger charge is -2.29. The summed E-state index contributed by atoms with van der Waals surface area (Å²) < 4.78 is 39.9. The van der Waals surface area contributed by atoms with Crippen LogP contribution in [0.25, 0.3) is 11.3 Å². The highest BCUT2D eigenvalue weighted by Crippen LogP contribution is 2.39. The summed E-state index contributed by atoms with van der Waals surface area (Å²) in [5.74, 6) is 0.374. The number of alkyl halides is 3. The van der Waals surface area contributed by atoms with Crippen LogP contribution in [-0.2, 0) is 25.4 Å². The highest BCUT2D eigenvalue weighted by Gasteiger charge is 2.32. The first-order chi connectivity index (χ1) is 16.6. The highest BCUT2D eigenvalue weighted by molar-refractivity contribution is 7.81. The second kappa shape index (κ2) is 8.98. The summed E-state index contributed by atoms with van der Waals surface area (Å²) in [6.45, 7) is 1.95. The number of hydrogen-bond donors (Lipinski definition) is 3. The normalized spacial score (nSPS) is 19.3. The van der Waals surface area contributed by atoms with Crippen molar-refractivity contribution in [1.29, 1.82) is 0 Å². The first kappa shape index (κ1) is 23.9. The Hall–Kier alpha value is -2.85. The van der Waals surface area contributed by atoms with E-state index in [0.717, 1.165) is 54.0 Å². The lowest BCUT2D eigenvalue weighted by molar-refractivity contribution is -0.137. The fourth-order valence-electron chi connectivity index (χ4n) is 4.76. The first-order valence-electron chi connectivity index (χ1n) is 11.5. The molecule has 184 valence electrons. The van der Waals surface area contributed by atoms with Crippen LogP contribution in [0.2, 0.25) is 0 Å². The molecule has 2 aliphatic rings. The van der Waals surface area contributed by atoms with E-state index in [9.17, 15) is 13.2 Å². The summed E-state index contributed by atoms with van der Waals surface area (Å²) in [7, 11) is 4.20. The number of nitrogens with one attached hydrogen (secondary N) is 2. The topological polar surface area (TPSA) is 66.0 Å². The van der Waals surface area contributed by atoms with Gasteiger partial charge in [-0.25, -0.2) is 9.97 Å². The summed E-state index contributed by atoms with van der Waals surface area (Å²) in [5, 5.41) is 6.00. The standard InChI is InChI=1S/C25H27F3N6S/c1-13-19(8-14-4-6-17(34(2)3)11-20(14)30-13)32-24-29-12-15-9-22(35)31-21-10-16(25(26,27)28)5-7-18(21)23(15)33-24/h5,7-8,10,12,17,22,31,35H,4,6,9,11H2,1-3H3,(H,29,32,33). The molecule has 1 aliphatic heterocycles. The van der Waals surface area contributed by atoms with Crippen LogP contribution >= 0.6 is 12.6 Å². The molecule has 2 unspecified atom stereocenters. The van der Waals surface area contributed by atoms with Crippen molar-refractivity contribution in [3.63, 3.8) is 0 Å². The first-order valence-corrected chi connectivity index (χ1v) is 12.0. The predicted molar refractivity (Wildman–Crippen MR) is 134 cm³/mol. The van der Waals surface area contributed by atoms with Crippen molar-refractivity contribution in [2.45, 2.75) is 50.2 Å². The summed E-state index contributed by atoms with van der Waals surface area (Å²) in [4.78, 5) is 16.3. The average Bonchev–Trinajstić information content (AvgIpc) is 2.93. The lowest BCUT2D eigenvalue weighted by atomic mass is 9.91. The van der Waals surface area contributed by atoms with E-state index in [0.29, 0.717) is 35.4 Å². The van der Waals surface area contributed by atoms with Crippen molar-refractivity contribution in [1.82, 2.24) is 19.9 Å². The number of pyridine rings is 1. The van der Waals surface area contributed by atoms with Crippen molar-refractivity contribution in [2.24, 2.45) is 0 Å². The van der Waals surface area contributed by atoms with Gasteiger partial charge in [-0.2, -0.15) is 25.8 Å². The number of anilines is 3. The number of fused-ring (bicyclic) bond motifs is 4. The van der Waals surface area contributed by atoms with E-state index in [2.05, 4.69) is 53.3 Å². The van der Waals surface area contributed by atoms with Gasteiger partial charge in [0, 0.05) is 42.0 Å². The Balaban J connectivity index is 1.48. The monoisotopic (exact) mass is 500 g/mol. The maximum absolute atomic E-state index is 13.3. The van der Waals surface area contributed by atoms with Gasteiger partial charge in [0.1, 0.15) is 0 Å². The van der Waals surface area contributed by atoms with Crippen LogP contribution in [0.1, 0.15) is 34.5 Å².